The lowest BCUT2D eigenvalue weighted by atomic mass is 10.1. The first-order valence-corrected chi connectivity index (χ1v) is 26.7. The van der Waals surface area contributed by atoms with Gasteiger partial charge in [0, 0.05) is 12.8 Å². The molecule has 0 heterocycles. The maximum absolute atomic E-state index is 12.7. The van der Waals surface area contributed by atoms with Crippen molar-refractivity contribution < 1.29 is 42.1 Å². The van der Waals surface area contributed by atoms with Gasteiger partial charge in [-0.3, -0.25) is 18.6 Å². The van der Waals surface area contributed by atoms with E-state index in [1.165, 1.54) is 141 Å². The Hall–Kier alpha value is -1.77. The van der Waals surface area contributed by atoms with Gasteiger partial charge in [0.15, 0.2) is 6.10 Å². The summed E-state index contributed by atoms with van der Waals surface area (Å²) in [4.78, 5) is 35.5. The number of quaternary nitrogens is 1. The van der Waals surface area contributed by atoms with Crippen molar-refractivity contribution in [1.82, 2.24) is 0 Å². The van der Waals surface area contributed by atoms with Crippen LogP contribution in [0.4, 0.5) is 0 Å². The van der Waals surface area contributed by atoms with Gasteiger partial charge in [0.05, 0.1) is 27.7 Å². The highest BCUT2D eigenvalue weighted by molar-refractivity contribution is 7.47. The summed E-state index contributed by atoms with van der Waals surface area (Å²) < 4.78 is 34.4. The molecule has 0 radical (unpaired) electrons. The number of carbonyl (C=O) groups excluding carboxylic acids is 2. The highest BCUT2D eigenvalue weighted by Crippen LogP contribution is 2.43. The van der Waals surface area contributed by atoms with Gasteiger partial charge in [-0.05, 0) is 70.6 Å². The second kappa shape index (κ2) is 43.5. The third-order valence-corrected chi connectivity index (χ3v) is 11.9. The van der Waals surface area contributed by atoms with E-state index in [1.807, 2.05) is 21.1 Å². The fourth-order valence-corrected chi connectivity index (χ4v) is 7.66. The summed E-state index contributed by atoms with van der Waals surface area (Å²) in [6, 6.07) is 0. The Kier molecular flexibility index (Phi) is 42.2. The van der Waals surface area contributed by atoms with Crippen LogP contribution in [0.1, 0.15) is 226 Å². The van der Waals surface area contributed by atoms with Crippen molar-refractivity contribution in [2.45, 2.75) is 232 Å². The molecule has 2 unspecified atom stereocenters. The van der Waals surface area contributed by atoms with Crippen molar-refractivity contribution in [3.8, 4) is 0 Å². The first-order chi connectivity index (χ1) is 29.5. The molecule has 9 nitrogen and oxygen atoms in total. The summed E-state index contributed by atoms with van der Waals surface area (Å²) in [5.41, 5.74) is 0. The predicted molar refractivity (Wildman–Crippen MR) is 257 cm³/mol. The van der Waals surface area contributed by atoms with E-state index in [1.54, 1.807) is 0 Å². The molecule has 0 bridgehead atoms. The van der Waals surface area contributed by atoms with E-state index in [0.29, 0.717) is 17.4 Å². The molecule has 0 amide bonds. The average molecular weight is 883 g/mol. The summed E-state index contributed by atoms with van der Waals surface area (Å²) in [6.45, 7) is 4.41. The van der Waals surface area contributed by atoms with Crippen molar-refractivity contribution in [2.24, 2.45) is 0 Å². The van der Waals surface area contributed by atoms with Crippen LogP contribution in [0.3, 0.4) is 0 Å². The quantitative estimate of drug-likeness (QED) is 0.0212. The van der Waals surface area contributed by atoms with Gasteiger partial charge in [-0.2, -0.15) is 0 Å². The van der Waals surface area contributed by atoms with Crippen molar-refractivity contribution in [1.29, 1.82) is 0 Å². The topological polar surface area (TPSA) is 108 Å². The van der Waals surface area contributed by atoms with E-state index >= 15 is 0 Å². The van der Waals surface area contributed by atoms with E-state index in [-0.39, 0.29) is 32.0 Å². The van der Waals surface area contributed by atoms with Gasteiger partial charge >= 0.3 is 19.8 Å². The summed E-state index contributed by atoms with van der Waals surface area (Å²) >= 11 is 0. The number of esters is 2. The Balaban J connectivity index is 4.28. The number of ether oxygens (including phenoxy) is 2. The fourth-order valence-electron chi connectivity index (χ4n) is 6.92. The second-order valence-electron chi connectivity index (χ2n) is 18.2. The van der Waals surface area contributed by atoms with Crippen LogP contribution >= 0.6 is 7.82 Å². The Bertz CT molecular complexity index is 1130. The van der Waals surface area contributed by atoms with Crippen LogP contribution < -0.4 is 0 Å². The number of hydrogen-bond acceptors (Lipinski definition) is 7. The van der Waals surface area contributed by atoms with Crippen molar-refractivity contribution in [3.05, 3.63) is 36.5 Å². The standard InChI is InChI=1S/C51H96NO8P/c1-6-8-10-12-14-16-18-20-22-24-26-28-29-31-33-35-37-39-41-43-50(53)57-47-49(48-59-61(55,56)58-46-45-52(3,4)5)60-51(54)44-42-40-38-36-34-32-30-27-25-23-21-19-17-15-13-11-9-7-2/h17,19-20,22-23,25,49H,6-16,18,21,24,26-48H2,1-5H3/p+1/b19-17-,22-20-,25-23-. The molecular formula is C51H97NO8P+. The molecule has 358 valence electrons. The van der Waals surface area contributed by atoms with E-state index in [2.05, 4.69) is 50.3 Å². The molecule has 0 aliphatic rings. The van der Waals surface area contributed by atoms with Crippen LogP contribution in [-0.2, 0) is 32.7 Å². The van der Waals surface area contributed by atoms with Crippen LogP contribution in [0.25, 0.3) is 0 Å². The lowest BCUT2D eigenvalue weighted by molar-refractivity contribution is -0.870. The Morgan fingerprint density at radius 2 is 0.885 bits per heavy atom. The Labute approximate surface area is 376 Å². The number of nitrogens with zero attached hydrogens (tertiary/aromatic N) is 1. The Morgan fingerprint density at radius 3 is 1.33 bits per heavy atom. The van der Waals surface area contributed by atoms with Gasteiger partial charge in [0.25, 0.3) is 0 Å². The van der Waals surface area contributed by atoms with Crippen molar-refractivity contribution in [3.63, 3.8) is 0 Å². The van der Waals surface area contributed by atoms with Gasteiger partial charge in [-0.15, -0.1) is 0 Å². The zero-order valence-corrected chi connectivity index (χ0v) is 41.3. The molecular weight excluding hydrogens is 786 g/mol. The van der Waals surface area contributed by atoms with Gasteiger partial charge < -0.3 is 18.9 Å². The molecule has 0 fully saturated rings. The molecule has 0 spiro atoms. The molecule has 0 aromatic heterocycles. The average Bonchev–Trinajstić information content (AvgIpc) is 3.21. The largest absolute Gasteiger partial charge is 0.472 e. The van der Waals surface area contributed by atoms with E-state index in [9.17, 15) is 19.0 Å². The number of rotatable bonds is 46. The highest BCUT2D eigenvalue weighted by atomic mass is 31.2. The maximum atomic E-state index is 12.7. The highest BCUT2D eigenvalue weighted by Gasteiger charge is 2.27. The van der Waals surface area contributed by atoms with Crippen LogP contribution in [-0.4, -0.2) is 74.9 Å². The molecule has 0 rings (SSSR count). The van der Waals surface area contributed by atoms with Crippen LogP contribution in [0.5, 0.6) is 0 Å². The normalized spacial score (nSPS) is 13.7. The first-order valence-electron chi connectivity index (χ1n) is 25.2. The molecule has 61 heavy (non-hydrogen) atoms. The summed E-state index contributed by atoms with van der Waals surface area (Å²) in [5.74, 6) is -0.803. The number of allylic oxidation sites excluding steroid dienone is 6. The minimum absolute atomic E-state index is 0.0300. The number of hydrogen-bond donors (Lipinski definition) is 1. The van der Waals surface area contributed by atoms with Gasteiger partial charge in [-0.1, -0.05) is 179 Å². The smallest absolute Gasteiger partial charge is 0.462 e. The molecule has 0 aromatic carbocycles. The molecule has 0 saturated carbocycles. The molecule has 0 aliphatic heterocycles. The molecule has 0 aromatic rings. The number of unbranched alkanes of at least 4 members (excludes halogenated alkanes) is 26. The molecule has 1 N–H and O–H groups in total. The van der Waals surface area contributed by atoms with Crippen molar-refractivity contribution >= 4 is 19.8 Å². The fraction of sp³-hybridized carbons (Fsp3) is 0.843. The number of likely N-dealkylation sites (N-methyl/N-ethyl adjacent to an activating group) is 1. The monoisotopic (exact) mass is 883 g/mol. The van der Waals surface area contributed by atoms with Crippen molar-refractivity contribution in [2.75, 3.05) is 47.5 Å². The van der Waals surface area contributed by atoms with E-state index in [0.717, 1.165) is 51.4 Å². The minimum atomic E-state index is -4.38. The third-order valence-electron chi connectivity index (χ3n) is 10.9. The van der Waals surface area contributed by atoms with Crippen LogP contribution in [0.2, 0.25) is 0 Å². The lowest BCUT2D eigenvalue weighted by Crippen LogP contribution is -2.37. The molecule has 0 saturated heterocycles. The zero-order valence-electron chi connectivity index (χ0n) is 40.4. The second-order valence-corrected chi connectivity index (χ2v) is 19.6. The molecule has 0 aliphatic carbocycles. The number of carbonyl (C=O) groups is 2. The third kappa shape index (κ3) is 47.5. The van der Waals surface area contributed by atoms with Crippen LogP contribution in [0.15, 0.2) is 36.5 Å². The van der Waals surface area contributed by atoms with Gasteiger partial charge in [-0.25, -0.2) is 4.57 Å². The number of phosphoric ester groups is 1. The Morgan fingerprint density at radius 1 is 0.508 bits per heavy atom. The summed E-state index contributed by atoms with van der Waals surface area (Å²) in [7, 11) is 1.47. The first kappa shape index (κ1) is 59.2. The van der Waals surface area contributed by atoms with Gasteiger partial charge in [0.1, 0.15) is 19.8 Å². The minimum Gasteiger partial charge on any atom is -0.462 e. The van der Waals surface area contributed by atoms with Gasteiger partial charge in [0.2, 0.25) is 0 Å². The lowest BCUT2D eigenvalue weighted by Gasteiger charge is -2.24. The van der Waals surface area contributed by atoms with Crippen LogP contribution in [0, 0.1) is 0 Å². The summed E-state index contributed by atoms with van der Waals surface area (Å²) in [5, 5.41) is 0. The molecule has 2 atom stereocenters. The summed E-state index contributed by atoms with van der Waals surface area (Å²) in [6.07, 6.45) is 50.4. The molecule has 10 heteroatoms. The predicted octanol–water partition coefficient (Wildman–Crippen LogP) is 14.9. The zero-order chi connectivity index (χ0) is 45.0. The SMILES string of the molecule is CCCCCC/C=C\C/C=C\CCCCCCCCCC(=O)OC(COC(=O)CCCCCCCCCCC/C=C\CCCCCCCC)COP(=O)(O)OCC[N+](C)(C)C. The van der Waals surface area contributed by atoms with E-state index < -0.39 is 26.5 Å². The van der Waals surface area contributed by atoms with E-state index in [4.69, 9.17) is 18.5 Å². The maximum Gasteiger partial charge on any atom is 0.472 e. The number of phosphoric acid groups is 1.